The first kappa shape index (κ1) is 8.59. The van der Waals surface area contributed by atoms with Crippen molar-refractivity contribution in [3.63, 3.8) is 0 Å². The lowest BCUT2D eigenvalue weighted by atomic mass is 10.1. The molecule has 0 amide bonds. The summed E-state index contributed by atoms with van der Waals surface area (Å²) in [5.41, 5.74) is 10.6. The molecule has 0 saturated heterocycles. The number of rotatable bonds is 4. The van der Waals surface area contributed by atoms with E-state index in [9.17, 15) is 4.79 Å². The number of nitrogens with two attached hydrogens (primary N) is 2. The number of Topliss-reactive ketones (excluding diaryl/α,β-unsaturated/α-hetero) is 1. The van der Waals surface area contributed by atoms with E-state index in [2.05, 4.69) is 0 Å². The average Bonchev–Trinajstić information content (AvgIpc) is 1.82. The van der Waals surface area contributed by atoms with Crippen LogP contribution in [0.4, 0.5) is 0 Å². The second-order valence-electron chi connectivity index (χ2n) is 2.15. The van der Waals surface area contributed by atoms with Crippen molar-refractivity contribution in [1.29, 1.82) is 0 Å². The zero-order valence-electron chi connectivity index (χ0n) is 5.76. The third kappa shape index (κ3) is 4.12. The molecule has 0 aromatic rings. The zero-order chi connectivity index (χ0) is 7.28. The highest BCUT2D eigenvalue weighted by Crippen LogP contribution is 1.92. The van der Waals surface area contributed by atoms with Gasteiger partial charge in [0.25, 0.3) is 0 Å². The molecule has 0 aliphatic heterocycles. The molecule has 54 valence electrons. The molecule has 0 aromatic carbocycles. The van der Waals surface area contributed by atoms with Crippen LogP contribution in [-0.2, 0) is 4.79 Å². The lowest BCUT2D eigenvalue weighted by Crippen LogP contribution is -2.28. The van der Waals surface area contributed by atoms with Gasteiger partial charge in [-0.1, -0.05) is 0 Å². The first-order valence-corrected chi connectivity index (χ1v) is 3.14. The van der Waals surface area contributed by atoms with E-state index in [0.29, 0.717) is 13.0 Å². The fourth-order valence-corrected chi connectivity index (χ4v) is 0.541. The Bertz CT molecular complexity index is 93.1. The molecular weight excluding hydrogens is 116 g/mol. The van der Waals surface area contributed by atoms with Crippen LogP contribution < -0.4 is 11.5 Å². The fourth-order valence-electron chi connectivity index (χ4n) is 0.541. The summed E-state index contributed by atoms with van der Waals surface area (Å²) >= 11 is 0. The Hall–Kier alpha value is -0.410. The molecule has 1 atom stereocenters. The van der Waals surface area contributed by atoms with Crippen molar-refractivity contribution in [3.05, 3.63) is 0 Å². The number of hydrogen-bond donors (Lipinski definition) is 2. The molecule has 0 rings (SSSR count). The van der Waals surface area contributed by atoms with E-state index < -0.39 is 0 Å². The summed E-state index contributed by atoms with van der Waals surface area (Å²) < 4.78 is 0. The highest BCUT2D eigenvalue weighted by atomic mass is 16.1. The van der Waals surface area contributed by atoms with Crippen LogP contribution in [-0.4, -0.2) is 18.4 Å². The molecule has 0 saturated carbocycles. The largest absolute Gasteiger partial charge is 0.330 e. The van der Waals surface area contributed by atoms with Gasteiger partial charge in [0, 0.05) is 0 Å². The highest BCUT2D eigenvalue weighted by molar-refractivity contribution is 5.80. The number of hydrogen-bond acceptors (Lipinski definition) is 3. The van der Waals surface area contributed by atoms with Gasteiger partial charge in [0.2, 0.25) is 0 Å². The zero-order valence-corrected chi connectivity index (χ0v) is 5.76. The lowest BCUT2D eigenvalue weighted by Gasteiger charge is -2.04. The van der Waals surface area contributed by atoms with Crippen molar-refractivity contribution >= 4 is 5.78 Å². The second-order valence-corrected chi connectivity index (χ2v) is 2.15. The minimum Gasteiger partial charge on any atom is -0.330 e. The molecule has 0 heterocycles. The van der Waals surface area contributed by atoms with Gasteiger partial charge in [-0.05, 0) is 26.3 Å². The molecule has 0 aromatic heterocycles. The van der Waals surface area contributed by atoms with E-state index in [0.717, 1.165) is 6.42 Å². The fraction of sp³-hybridized carbons (Fsp3) is 0.833. The van der Waals surface area contributed by atoms with Crippen LogP contribution in [0.15, 0.2) is 0 Å². The molecule has 0 bridgehead atoms. The van der Waals surface area contributed by atoms with Gasteiger partial charge in [-0.15, -0.1) is 0 Å². The Morgan fingerprint density at radius 3 is 2.56 bits per heavy atom. The van der Waals surface area contributed by atoms with E-state index >= 15 is 0 Å². The molecule has 0 spiro atoms. The second kappa shape index (κ2) is 4.47. The number of carbonyl (C=O) groups is 1. The van der Waals surface area contributed by atoms with Gasteiger partial charge in [0.1, 0.15) is 5.78 Å². The van der Waals surface area contributed by atoms with Crippen LogP contribution in [0.5, 0.6) is 0 Å². The Morgan fingerprint density at radius 1 is 1.67 bits per heavy atom. The van der Waals surface area contributed by atoms with Gasteiger partial charge < -0.3 is 11.5 Å². The number of ketones is 1. The van der Waals surface area contributed by atoms with Gasteiger partial charge in [-0.3, -0.25) is 4.79 Å². The van der Waals surface area contributed by atoms with Crippen LogP contribution in [0.1, 0.15) is 19.8 Å². The Balaban J connectivity index is 3.27. The van der Waals surface area contributed by atoms with E-state index in [1.54, 1.807) is 0 Å². The molecule has 0 aliphatic rings. The van der Waals surface area contributed by atoms with Crippen molar-refractivity contribution in [1.82, 2.24) is 0 Å². The van der Waals surface area contributed by atoms with Crippen LogP contribution in [0, 0.1) is 0 Å². The summed E-state index contributed by atoms with van der Waals surface area (Å²) in [7, 11) is 0. The molecule has 0 aliphatic carbocycles. The predicted molar refractivity (Wildman–Crippen MR) is 36.9 cm³/mol. The summed E-state index contributed by atoms with van der Waals surface area (Å²) in [4.78, 5) is 10.5. The van der Waals surface area contributed by atoms with Crippen LogP contribution in [0.3, 0.4) is 0 Å². The number of carbonyl (C=O) groups excluding carboxylic acids is 1. The van der Waals surface area contributed by atoms with Crippen LogP contribution in [0.25, 0.3) is 0 Å². The summed E-state index contributed by atoms with van der Waals surface area (Å²) in [6.45, 7) is 2.11. The van der Waals surface area contributed by atoms with Crippen LogP contribution >= 0.6 is 0 Å². The van der Waals surface area contributed by atoms with Gasteiger partial charge in [-0.2, -0.15) is 0 Å². The van der Waals surface area contributed by atoms with Crippen molar-refractivity contribution < 1.29 is 4.79 Å². The first-order chi connectivity index (χ1) is 4.18. The van der Waals surface area contributed by atoms with Gasteiger partial charge in [0.05, 0.1) is 6.04 Å². The SMILES string of the molecule is CC(=O)C(N)CCCN. The van der Waals surface area contributed by atoms with Gasteiger partial charge in [0.15, 0.2) is 0 Å². The third-order valence-corrected chi connectivity index (χ3v) is 1.24. The standard InChI is InChI=1S/C6H14N2O/c1-5(9)6(8)3-2-4-7/h6H,2-4,7-8H2,1H3. The van der Waals surface area contributed by atoms with Crippen LogP contribution in [0.2, 0.25) is 0 Å². The maximum atomic E-state index is 10.5. The van der Waals surface area contributed by atoms with Crippen molar-refractivity contribution in [3.8, 4) is 0 Å². The molecule has 0 radical (unpaired) electrons. The van der Waals surface area contributed by atoms with Crippen molar-refractivity contribution in [2.75, 3.05) is 6.54 Å². The third-order valence-electron chi connectivity index (χ3n) is 1.24. The average molecular weight is 130 g/mol. The molecule has 3 heteroatoms. The Labute approximate surface area is 55.4 Å². The Morgan fingerprint density at radius 2 is 2.22 bits per heavy atom. The normalized spacial score (nSPS) is 13.2. The van der Waals surface area contributed by atoms with E-state index in [1.165, 1.54) is 6.92 Å². The summed E-state index contributed by atoms with van der Waals surface area (Å²) in [6, 6.07) is -0.298. The highest BCUT2D eigenvalue weighted by Gasteiger charge is 2.05. The summed E-state index contributed by atoms with van der Waals surface area (Å²) in [6.07, 6.45) is 1.55. The summed E-state index contributed by atoms with van der Waals surface area (Å²) in [5.74, 6) is 0.0449. The monoisotopic (exact) mass is 130 g/mol. The predicted octanol–water partition coefficient (Wildman–Crippen LogP) is -0.358. The molecule has 1 unspecified atom stereocenters. The van der Waals surface area contributed by atoms with Gasteiger partial charge in [-0.25, -0.2) is 0 Å². The maximum Gasteiger partial charge on any atom is 0.146 e. The van der Waals surface area contributed by atoms with E-state index in [-0.39, 0.29) is 11.8 Å². The van der Waals surface area contributed by atoms with Crippen molar-refractivity contribution in [2.45, 2.75) is 25.8 Å². The quantitative estimate of drug-likeness (QED) is 0.546. The summed E-state index contributed by atoms with van der Waals surface area (Å²) in [5, 5.41) is 0. The first-order valence-electron chi connectivity index (χ1n) is 3.14. The molecule has 4 N–H and O–H groups in total. The van der Waals surface area contributed by atoms with Gasteiger partial charge >= 0.3 is 0 Å². The maximum absolute atomic E-state index is 10.5. The van der Waals surface area contributed by atoms with E-state index in [4.69, 9.17) is 11.5 Å². The Kier molecular flexibility index (Phi) is 4.26. The van der Waals surface area contributed by atoms with E-state index in [1.807, 2.05) is 0 Å². The minimum atomic E-state index is -0.298. The molecular formula is C6H14N2O. The topological polar surface area (TPSA) is 69.1 Å². The smallest absolute Gasteiger partial charge is 0.146 e. The molecule has 3 nitrogen and oxygen atoms in total. The molecule has 0 fully saturated rings. The lowest BCUT2D eigenvalue weighted by molar-refractivity contribution is -0.118. The minimum absolute atomic E-state index is 0.0449. The van der Waals surface area contributed by atoms with Crippen molar-refractivity contribution in [2.24, 2.45) is 11.5 Å². The molecule has 9 heavy (non-hydrogen) atoms.